The highest BCUT2D eigenvalue weighted by atomic mass is 32.1. The lowest BCUT2D eigenvalue weighted by Gasteiger charge is -2.13. The van der Waals surface area contributed by atoms with Gasteiger partial charge in [-0.15, -0.1) is 11.3 Å². The van der Waals surface area contributed by atoms with Gasteiger partial charge < -0.3 is 21.4 Å². The molecule has 5 rings (SSSR count). The Morgan fingerprint density at radius 3 is 2.84 bits per heavy atom. The summed E-state index contributed by atoms with van der Waals surface area (Å²) in [6.07, 6.45) is 4.69. The number of amides is 5. The topological polar surface area (TPSA) is 137 Å². The zero-order valence-corrected chi connectivity index (χ0v) is 17.9. The lowest BCUT2D eigenvalue weighted by Crippen LogP contribution is -2.38. The first kappa shape index (κ1) is 20.3. The molecule has 1 atom stereocenters. The number of thiophene rings is 1. The number of carbonyl (C=O) groups is 4. The minimum absolute atomic E-state index is 0.316. The van der Waals surface area contributed by atoms with E-state index in [2.05, 4.69) is 15.6 Å². The number of para-hydroxylation sites is 1. The van der Waals surface area contributed by atoms with E-state index in [0.717, 1.165) is 51.1 Å². The van der Waals surface area contributed by atoms with Gasteiger partial charge in [-0.3, -0.25) is 19.3 Å². The fraction of sp³-hybridized carbons (Fsp3) is 0.273. The Kier molecular flexibility index (Phi) is 4.93. The molecule has 10 heteroatoms. The van der Waals surface area contributed by atoms with E-state index in [0.29, 0.717) is 17.0 Å². The minimum atomic E-state index is -0.749. The van der Waals surface area contributed by atoms with Gasteiger partial charge in [0.2, 0.25) is 5.91 Å². The number of nitrogens with two attached hydrogens (primary N) is 1. The van der Waals surface area contributed by atoms with E-state index in [9.17, 15) is 19.2 Å². The summed E-state index contributed by atoms with van der Waals surface area (Å²) in [6.45, 7) is -0.435. The first-order chi connectivity index (χ1) is 15.4. The Balaban J connectivity index is 1.28. The maximum Gasteiger partial charge on any atom is 0.325 e. The van der Waals surface area contributed by atoms with Crippen LogP contribution in [-0.4, -0.2) is 46.2 Å². The average Bonchev–Trinajstić information content (AvgIpc) is 3.49. The maximum absolute atomic E-state index is 12.8. The van der Waals surface area contributed by atoms with Crippen LogP contribution in [0.5, 0.6) is 0 Å². The van der Waals surface area contributed by atoms with Gasteiger partial charge in [0.25, 0.3) is 11.8 Å². The second kappa shape index (κ2) is 7.79. The summed E-state index contributed by atoms with van der Waals surface area (Å²) in [4.78, 5) is 54.9. The third-order valence-corrected chi connectivity index (χ3v) is 7.14. The number of imide groups is 1. The van der Waals surface area contributed by atoms with Crippen molar-refractivity contribution < 1.29 is 19.2 Å². The molecule has 32 heavy (non-hydrogen) atoms. The van der Waals surface area contributed by atoms with Crippen LogP contribution in [0.25, 0.3) is 10.9 Å². The molecule has 1 aromatic carbocycles. The van der Waals surface area contributed by atoms with Crippen LogP contribution >= 0.6 is 11.3 Å². The van der Waals surface area contributed by atoms with Crippen LogP contribution in [0.1, 0.15) is 32.8 Å². The molecule has 5 amide bonds. The van der Waals surface area contributed by atoms with Gasteiger partial charge in [-0.25, -0.2) is 4.79 Å². The molecule has 0 spiro atoms. The molecule has 1 fully saturated rings. The van der Waals surface area contributed by atoms with Gasteiger partial charge in [0, 0.05) is 28.4 Å². The molecule has 5 N–H and O–H groups in total. The van der Waals surface area contributed by atoms with Crippen LogP contribution < -0.4 is 16.4 Å². The van der Waals surface area contributed by atoms with Crippen molar-refractivity contribution in [3.8, 4) is 0 Å². The predicted octanol–water partition coefficient (Wildman–Crippen LogP) is 1.92. The minimum Gasteiger partial charge on any atom is -0.365 e. The number of hydrogen-bond donors (Lipinski definition) is 4. The fourth-order valence-electron chi connectivity index (χ4n) is 4.45. The number of carbonyl (C=O) groups excluding carboxylic acids is 4. The molecule has 1 aliphatic carbocycles. The first-order valence-corrected chi connectivity index (χ1v) is 11.1. The molecule has 0 unspecified atom stereocenters. The second-order valence-electron chi connectivity index (χ2n) is 7.96. The van der Waals surface area contributed by atoms with Gasteiger partial charge >= 0.3 is 6.03 Å². The number of hydrogen-bond acceptors (Lipinski definition) is 5. The van der Waals surface area contributed by atoms with Crippen LogP contribution in [0, 0.1) is 0 Å². The van der Waals surface area contributed by atoms with Crippen molar-refractivity contribution in [2.24, 2.45) is 5.73 Å². The number of aryl methyl sites for hydroxylation is 1. The van der Waals surface area contributed by atoms with Crippen molar-refractivity contribution in [1.29, 1.82) is 0 Å². The summed E-state index contributed by atoms with van der Waals surface area (Å²) in [5.41, 5.74) is 8.61. The van der Waals surface area contributed by atoms with E-state index in [1.165, 1.54) is 11.3 Å². The highest BCUT2D eigenvalue weighted by molar-refractivity contribution is 7.17. The fourth-order valence-corrected chi connectivity index (χ4v) is 5.76. The molecule has 0 radical (unpaired) electrons. The summed E-state index contributed by atoms with van der Waals surface area (Å²) < 4.78 is 0. The highest BCUT2D eigenvalue weighted by Crippen LogP contribution is 2.38. The number of aromatic amines is 1. The Morgan fingerprint density at radius 2 is 2.03 bits per heavy atom. The number of H-pyrrole nitrogens is 1. The third-order valence-electron chi connectivity index (χ3n) is 5.93. The largest absolute Gasteiger partial charge is 0.365 e. The quantitative estimate of drug-likeness (QED) is 0.426. The van der Waals surface area contributed by atoms with Crippen molar-refractivity contribution >= 4 is 51.0 Å². The number of primary amides is 1. The molecule has 3 heterocycles. The van der Waals surface area contributed by atoms with Gasteiger partial charge in [-0.05, 0) is 36.5 Å². The molecule has 164 valence electrons. The lowest BCUT2D eigenvalue weighted by atomic mass is 10.1. The third kappa shape index (κ3) is 3.42. The van der Waals surface area contributed by atoms with Gasteiger partial charge in [0.1, 0.15) is 17.6 Å². The van der Waals surface area contributed by atoms with E-state index in [4.69, 9.17) is 5.73 Å². The Bertz CT molecular complexity index is 1280. The number of benzene rings is 1. The molecule has 2 aliphatic rings. The molecule has 0 saturated carbocycles. The van der Waals surface area contributed by atoms with Crippen LogP contribution in [0.2, 0.25) is 0 Å². The number of rotatable bonds is 6. The van der Waals surface area contributed by atoms with E-state index in [-0.39, 0.29) is 0 Å². The zero-order chi connectivity index (χ0) is 22.4. The molecule has 0 bridgehead atoms. The number of aromatic nitrogens is 1. The van der Waals surface area contributed by atoms with Crippen LogP contribution in [-0.2, 0) is 28.9 Å². The van der Waals surface area contributed by atoms with E-state index >= 15 is 0 Å². The molecule has 1 aliphatic heterocycles. The Hall–Kier alpha value is -3.66. The normalized spacial score (nSPS) is 17.6. The van der Waals surface area contributed by atoms with Crippen molar-refractivity contribution in [3.05, 3.63) is 52.0 Å². The second-order valence-corrected chi connectivity index (χ2v) is 9.07. The van der Waals surface area contributed by atoms with Crippen LogP contribution in [0.15, 0.2) is 30.5 Å². The summed E-state index contributed by atoms with van der Waals surface area (Å²) in [6, 6.07) is 6.34. The summed E-state index contributed by atoms with van der Waals surface area (Å²) in [5.74, 6) is -1.60. The van der Waals surface area contributed by atoms with Crippen molar-refractivity contribution in [2.45, 2.75) is 31.7 Å². The number of anilines is 1. The molecular formula is C22H21N5O4S. The van der Waals surface area contributed by atoms with Crippen molar-refractivity contribution in [1.82, 2.24) is 15.2 Å². The van der Waals surface area contributed by atoms with Crippen LogP contribution in [0.3, 0.4) is 0 Å². The molecule has 9 nitrogen and oxygen atoms in total. The van der Waals surface area contributed by atoms with Crippen LogP contribution in [0.4, 0.5) is 9.80 Å². The lowest BCUT2D eigenvalue weighted by molar-refractivity contribution is -0.130. The summed E-state index contributed by atoms with van der Waals surface area (Å²) in [5, 5.41) is 6.70. The Morgan fingerprint density at radius 1 is 1.22 bits per heavy atom. The monoisotopic (exact) mass is 451 g/mol. The number of nitrogens with zero attached hydrogens (tertiary/aromatic N) is 1. The Labute approximate surface area is 187 Å². The molecular weight excluding hydrogens is 430 g/mol. The zero-order valence-electron chi connectivity index (χ0n) is 17.1. The summed E-state index contributed by atoms with van der Waals surface area (Å²) >= 11 is 1.33. The highest BCUT2D eigenvalue weighted by Gasteiger charge is 2.39. The number of urea groups is 1. The standard InChI is InChI=1S/C22H21N5O4S/c23-19(29)18-13-5-3-7-16(13)32-20(18)26-17(28)10-27-21(30)15(25-22(27)31)8-11-9-24-14-6-2-1-4-12(11)14/h1-2,4,6,9,15,24H,3,5,7-8,10H2,(H2,23,29)(H,25,31)(H,26,28)/t15-/m1/s1. The predicted molar refractivity (Wildman–Crippen MR) is 120 cm³/mol. The average molecular weight is 452 g/mol. The summed E-state index contributed by atoms with van der Waals surface area (Å²) in [7, 11) is 0. The van der Waals surface area contributed by atoms with Gasteiger partial charge in [0.15, 0.2) is 0 Å². The number of nitrogens with one attached hydrogen (secondary N) is 3. The molecule has 3 aromatic rings. The smallest absolute Gasteiger partial charge is 0.325 e. The van der Waals surface area contributed by atoms with E-state index in [1.807, 2.05) is 30.5 Å². The van der Waals surface area contributed by atoms with Gasteiger partial charge in [-0.1, -0.05) is 18.2 Å². The van der Waals surface area contributed by atoms with Gasteiger partial charge in [0.05, 0.1) is 5.56 Å². The van der Waals surface area contributed by atoms with Crippen molar-refractivity contribution in [2.75, 3.05) is 11.9 Å². The molecule has 1 saturated heterocycles. The van der Waals surface area contributed by atoms with E-state index in [1.54, 1.807) is 0 Å². The maximum atomic E-state index is 12.8. The SMILES string of the molecule is NC(=O)c1c(NC(=O)CN2C(=O)N[C@H](Cc3c[nH]c4ccccc34)C2=O)sc2c1CCC2. The van der Waals surface area contributed by atoms with Gasteiger partial charge in [-0.2, -0.15) is 0 Å². The van der Waals surface area contributed by atoms with Crippen molar-refractivity contribution in [3.63, 3.8) is 0 Å². The molecule has 2 aromatic heterocycles. The number of fused-ring (bicyclic) bond motifs is 2. The first-order valence-electron chi connectivity index (χ1n) is 10.3. The van der Waals surface area contributed by atoms with E-state index < -0.39 is 36.3 Å².